The molecule has 0 fully saturated rings. The van der Waals surface area contributed by atoms with Gasteiger partial charge >= 0.3 is 11.9 Å². The second kappa shape index (κ2) is 39.3. The third kappa shape index (κ3) is 38.3. The lowest BCUT2D eigenvalue weighted by Crippen LogP contribution is -2.18. The van der Waals surface area contributed by atoms with Gasteiger partial charge in [-0.05, 0) is 83.5 Å². The van der Waals surface area contributed by atoms with Crippen LogP contribution in [0.3, 0.4) is 0 Å². The molecule has 4 heteroatoms. The maximum atomic E-state index is 12.6. The molecular formula is C44H78O4. The second-order valence-electron chi connectivity index (χ2n) is 13.8. The first kappa shape index (κ1) is 45.9. The molecule has 0 aliphatic carbocycles. The van der Waals surface area contributed by atoms with Gasteiger partial charge in [0, 0.05) is 12.8 Å². The molecule has 0 radical (unpaired) electrons. The molecule has 0 aromatic carbocycles. The van der Waals surface area contributed by atoms with Crippen LogP contribution in [0.1, 0.15) is 213 Å². The Morgan fingerprint density at radius 3 is 1.29 bits per heavy atom. The predicted octanol–water partition coefficient (Wildman–Crippen LogP) is 14.3. The third-order valence-corrected chi connectivity index (χ3v) is 9.05. The molecule has 4 nitrogen and oxygen atoms in total. The molecule has 0 aromatic heterocycles. The van der Waals surface area contributed by atoms with E-state index in [0.29, 0.717) is 12.8 Å². The van der Waals surface area contributed by atoms with Gasteiger partial charge in [-0.25, -0.2) is 0 Å². The zero-order valence-electron chi connectivity index (χ0n) is 31.8. The number of ether oxygens (including phenoxy) is 1. The Bertz CT molecular complexity index is 809. The first-order valence-electron chi connectivity index (χ1n) is 20.6. The van der Waals surface area contributed by atoms with Crippen molar-refractivity contribution >= 4 is 11.9 Å². The lowest BCUT2D eigenvalue weighted by Gasteiger charge is -2.18. The van der Waals surface area contributed by atoms with Crippen LogP contribution in [-0.4, -0.2) is 23.1 Å². The van der Waals surface area contributed by atoms with Crippen molar-refractivity contribution in [1.82, 2.24) is 0 Å². The largest absolute Gasteiger partial charge is 0.481 e. The number of rotatable bonds is 37. The van der Waals surface area contributed by atoms with Crippen molar-refractivity contribution in [2.45, 2.75) is 219 Å². The van der Waals surface area contributed by atoms with E-state index in [1.807, 2.05) is 0 Å². The van der Waals surface area contributed by atoms with Crippen LogP contribution in [0.5, 0.6) is 0 Å². The Labute approximate surface area is 298 Å². The highest BCUT2D eigenvalue weighted by atomic mass is 16.5. The number of hydrogen-bond donors (Lipinski definition) is 1. The Hall–Kier alpha value is -2.10. The van der Waals surface area contributed by atoms with Crippen molar-refractivity contribution in [3.8, 4) is 0 Å². The third-order valence-electron chi connectivity index (χ3n) is 9.05. The van der Waals surface area contributed by atoms with Gasteiger partial charge in [0.1, 0.15) is 6.10 Å². The van der Waals surface area contributed by atoms with E-state index in [9.17, 15) is 9.59 Å². The van der Waals surface area contributed by atoms with Crippen molar-refractivity contribution in [2.24, 2.45) is 0 Å². The van der Waals surface area contributed by atoms with Gasteiger partial charge in [0.15, 0.2) is 0 Å². The Balaban J connectivity index is 3.90. The van der Waals surface area contributed by atoms with E-state index in [4.69, 9.17) is 9.84 Å². The molecule has 0 aromatic rings. The molecule has 0 aliphatic rings. The molecule has 0 heterocycles. The molecule has 1 unspecified atom stereocenters. The summed E-state index contributed by atoms with van der Waals surface area (Å²) in [4.78, 5) is 23.2. The molecule has 0 saturated carbocycles. The summed E-state index contributed by atoms with van der Waals surface area (Å²) < 4.78 is 6.00. The first-order chi connectivity index (χ1) is 23.6. The molecule has 1 N–H and O–H groups in total. The number of aliphatic carboxylic acids is 1. The zero-order valence-corrected chi connectivity index (χ0v) is 31.8. The fourth-order valence-corrected chi connectivity index (χ4v) is 5.99. The van der Waals surface area contributed by atoms with E-state index < -0.39 is 5.97 Å². The number of esters is 1. The number of hydrogen-bond acceptors (Lipinski definition) is 3. The minimum absolute atomic E-state index is 0.0116. The van der Waals surface area contributed by atoms with Crippen LogP contribution in [0, 0.1) is 0 Å². The maximum absolute atomic E-state index is 12.6. The zero-order chi connectivity index (χ0) is 35.0. The smallest absolute Gasteiger partial charge is 0.306 e. The Morgan fingerprint density at radius 2 is 0.812 bits per heavy atom. The molecule has 0 bridgehead atoms. The van der Waals surface area contributed by atoms with Crippen LogP contribution in [-0.2, 0) is 14.3 Å². The molecule has 0 saturated heterocycles. The SMILES string of the molecule is CCCCC/C=C\C/C=C\C/C=C\C/C=C\CCCCCCCC(=O)OC(CCCCCCC)CCCCCCCCCCCC(=O)O. The van der Waals surface area contributed by atoms with Crippen molar-refractivity contribution in [3.05, 3.63) is 48.6 Å². The lowest BCUT2D eigenvalue weighted by atomic mass is 10.0. The first-order valence-corrected chi connectivity index (χ1v) is 20.6. The van der Waals surface area contributed by atoms with Crippen LogP contribution in [0.2, 0.25) is 0 Å². The monoisotopic (exact) mass is 671 g/mol. The van der Waals surface area contributed by atoms with Gasteiger partial charge in [0.25, 0.3) is 0 Å². The summed E-state index contributed by atoms with van der Waals surface area (Å²) in [5.74, 6) is -0.669. The van der Waals surface area contributed by atoms with Crippen molar-refractivity contribution in [1.29, 1.82) is 0 Å². The van der Waals surface area contributed by atoms with Gasteiger partial charge < -0.3 is 9.84 Å². The van der Waals surface area contributed by atoms with E-state index in [-0.39, 0.29) is 12.1 Å². The molecule has 0 aliphatic heterocycles. The molecule has 48 heavy (non-hydrogen) atoms. The van der Waals surface area contributed by atoms with Crippen molar-refractivity contribution < 1.29 is 19.4 Å². The summed E-state index contributed by atoms with van der Waals surface area (Å²) in [5, 5.41) is 8.72. The van der Waals surface area contributed by atoms with Crippen LogP contribution >= 0.6 is 0 Å². The summed E-state index contributed by atoms with van der Waals surface area (Å²) in [6.07, 6.45) is 52.9. The molecule has 278 valence electrons. The summed E-state index contributed by atoms with van der Waals surface area (Å²) in [6.45, 7) is 4.50. The summed E-state index contributed by atoms with van der Waals surface area (Å²) in [5.41, 5.74) is 0. The minimum Gasteiger partial charge on any atom is -0.481 e. The van der Waals surface area contributed by atoms with E-state index in [0.717, 1.165) is 77.0 Å². The second-order valence-corrected chi connectivity index (χ2v) is 13.8. The highest BCUT2D eigenvalue weighted by Gasteiger charge is 2.14. The topological polar surface area (TPSA) is 63.6 Å². The van der Waals surface area contributed by atoms with E-state index >= 15 is 0 Å². The normalized spacial score (nSPS) is 12.7. The standard InChI is InChI=1S/C44H78O4/c1-3-5-7-9-10-11-12-13-14-15-16-17-18-19-20-21-22-26-29-33-37-41-44(47)48-42(38-34-30-8-6-4-2)39-35-31-27-24-23-25-28-32-36-40-43(45)46/h10-11,13-14,16-17,19-20,42H,3-9,12,15,18,21-41H2,1-2H3,(H,45,46)/b11-10-,14-13-,17-16-,20-19-. The van der Waals surface area contributed by atoms with E-state index in [1.165, 1.54) is 109 Å². The molecule has 1 atom stereocenters. The number of carbonyl (C=O) groups excluding carboxylic acids is 1. The fraction of sp³-hybridized carbons (Fsp3) is 0.773. The summed E-state index contributed by atoms with van der Waals surface area (Å²) in [7, 11) is 0. The quantitative estimate of drug-likeness (QED) is 0.0406. The van der Waals surface area contributed by atoms with Crippen LogP contribution in [0.15, 0.2) is 48.6 Å². The number of allylic oxidation sites excluding steroid dienone is 8. The number of carboxylic acids is 1. The van der Waals surface area contributed by atoms with Gasteiger partial charge in [0.05, 0.1) is 0 Å². The Morgan fingerprint density at radius 1 is 0.458 bits per heavy atom. The lowest BCUT2D eigenvalue weighted by molar-refractivity contribution is -0.150. The van der Waals surface area contributed by atoms with E-state index in [1.54, 1.807) is 0 Å². The number of carbonyl (C=O) groups is 2. The highest BCUT2D eigenvalue weighted by molar-refractivity contribution is 5.69. The molecule has 0 amide bonds. The highest BCUT2D eigenvalue weighted by Crippen LogP contribution is 2.18. The maximum Gasteiger partial charge on any atom is 0.306 e. The van der Waals surface area contributed by atoms with Crippen molar-refractivity contribution in [2.75, 3.05) is 0 Å². The molecular weight excluding hydrogens is 592 g/mol. The average molecular weight is 671 g/mol. The number of carboxylic acid groups (broad SMARTS) is 1. The molecule has 0 spiro atoms. The average Bonchev–Trinajstić information content (AvgIpc) is 3.07. The summed E-state index contributed by atoms with van der Waals surface area (Å²) in [6, 6.07) is 0. The van der Waals surface area contributed by atoms with Gasteiger partial charge in [-0.15, -0.1) is 0 Å². The Kier molecular flexibility index (Phi) is 37.6. The minimum atomic E-state index is -0.680. The van der Waals surface area contributed by atoms with Crippen LogP contribution < -0.4 is 0 Å². The van der Waals surface area contributed by atoms with E-state index in [2.05, 4.69) is 62.5 Å². The van der Waals surface area contributed by atoms with Gasteiger partial charge in [-0.3, -0.25) is 9.59 Å². The van der Waals surface area contributed by atoms with Gasteiger partial charge in [-0.1, -0.05) is 165 Å². The van der Waals surface area contributed by atoms with Crippen LogP contribution in [0.4, 0.5) is 0 Å². The molecule has 0 rings (SSSR count). The number of unbranched alkanes of at least 4 members (excludes halogenated alkanes) is 20. The van der Waals surface area contributed by atoms with Crippen LogP contribution in [0.25, 0.3) is 0 Å². The van der Waals surface area contributed by atoms with Gasteiger partial charge in [-0.2, -0.15) is 0 Å². The van der Waals surface area contributed by atoms with Gasteiger partial charge in [0.2, 0.25) is 0 Å². The fourth-order valence-electron chi connectivity index (χ4n) is 5.99. The van der Waals surface area contributed by atoms with Crippen molar-refractivity contribution in [3.63, 3.8) is 0 Å². The summed E-state index contributed by atoms with van der Waals surface area (Å²) >= 11 is 0. The predicted molar refractivity (Wildman–Crippen MR) is 209 cm³/mol.